The Kier molecular flexibility index (Phi) is 7.51. The molecule has 0 aromatic heterocycles. The molecule has 0 bridgehead atoms. The molecule has 1 heterocycles. The first-order chi connectivity index (χ1) is 16.8. The van der Waals surface area contributed by atoms with E-state index < -0.39 is 0 Å². The molecule has 0 atom stereocenters. The van der Waals surface area contributed by atoms with E-state index in [0.717, 1.165) is 11.1 Å². The molecule has 1 N–H and O–H groups in total. The molecule has 1 fully saturated rings. The van der Waals surface area contributed by atoms with Gasteiger partial charge in [0.2, 0.25) is 0 Å². The number of carbonyl (C=O) groups excluding carboxylic acids is 3. The molecule has 1 aliphatic rings. The van der Waals surface area contributed by atoms with Gasteiger partial charge in [-0.3, -0.25) is 9.59 Å². The lowest BCUT2D eigenvalue weighted by atomic mass is 9.95. The van der Waals surface area contributed by atoms with Gasteiger partial charge in [-0.25, -0.2) is 4.79 Å². The summed E-state index contributed by atoms with van der Waals surface area (Å²) in [5.41, 5.74) is 4.10. The van der Waals surface area contributed by atoms with Crippen molar-refractivity contribution in [1.82, 2.24) is 9.80 Å². The number of carbonyl (C=O) groups is 3. The Labute approximate surface area is 210 Å². The van der Waals surface area contributed by atoms with Crippen molar-refractivity contribution in [3.8, 4) is 0 Å². The normalized spacial score (nSPS) is 13.8. The van der Waals surface area contributed by atoms with Gasteiger partial charge < -0.3 is 15.1 Å². The Morgan fingerprint density at radius 3 is 2.23 bits per heavy atom. The molecular formula is C28H28ClN3O3. The summed E-state index contributed by atoms with van der Waals surface area (Å²) in [7, 11) is 0. The van der Waals surface area contributed by atoms with Crippen molar-refractivity contribution in [3.05, 3.63) is 99.6 Å². The molecule has 1 saturated heterocycles. The molecule has 0 unspecified atom stereocenters. The largest absolute Gasteiger partial charge is 0.337 e. The molecular weight excluding hydrogens is 462 g/mol. The van der Waals surface area contributed by atoms with E-state index in [4.69, 9.17) is 11.6 Å². The lowest BCUT2D eigenvalue weighted by molar-refractivity contribution is 0.0758. The number of anilines is 1. The molecule has 1 aliphatic heterocycles. The van der Waals surface area contributed by atoms with Crippen LogP contribution < -0.4 is 5.32 Å². The van der Waals surface area contributed by atoms with Gasteiger partial charge in [0.05, 0.1) is 5.56 Å². The third kappa shape index (κ3) is 5.72. The Balaban J connectivity index is 1.47. The average Bonchev–Trinajstić information content (AvgIpc) is 3.11. The lowest BCUT2D eigenvalue weighted by Crippen LogP contribution is -2.39. The predicted molar refractivity (Wildman–Crippen MR) is 138 cm³/mol. The molecule has 3 aromatic carbocycles. The van der Waals surface area contributed by atoms with Gasteiger partial charge in [-0.15, -0.1) is 0 Å². The SMILES string of the molecule is Cc1ccc(C(=O)c2ccccc2C(=O)N2CCCN(C(=O)Nc3cccc(Cl)c3)CC2)cc1C. The second kappa shape index (κ2) is 10.7. The number of ketones is 1. The number of amides is 3. The minimum absolute atomic E-state index is 0.172. The molecule has 0 saturated carbocycles. The monoisotopic (exact) mass is 489 g/mol. The number of aryl methyl sites for hydroxylation is 2. The highest BCUT2D eigenvalue weighted by molar-refractivity contribution is 6.30. The van der Waals surface area contributed by atoms with Crippen molar-refractivity contribution >= 4 is 35.0 Å². The lowest BCUT2D eigenvalue weighted by Gasteiger charge is -2.23. The summed E-state index contributed by atoms with van der Waals surface area (Å²) in [6.07, 6.45) is 0.641. The molecule has 4 rings (SSSR count). The first-order valence-corrected chi connectivity index (χ1v) is 12.0. The highest BCUT2D eigenvalue weighted by Crippen LogP contribution is 2.20. The molecule has 0 spiro atoms. The van der Waals surface area contributed by atoms with Crippen LogP contribution in [0.4, 0.5) is 10.5 Å². The number of hydrogen-bond acceptors (Lipinski definition) is 3. The molecule has 180 valence electrons. The van der Waals surface area contributed by atoms with Crippen molar-refractivity contribution in [2.24, 2.45) is 0 Å². The maximum absolute atomic E-state index is 13.5. The number of hydrogen-bond donors (Lipinski definition) is 1. The van der Waals surface area contributed by atoms with Gasteiger partial charge in [0.15, 0.2) is 5.78 Å². The van der Waals surface area contributed by atoms with Gasteiger partial charge in [0.1, 0.15) is 0 Å². The highest BCUT2D eigenvalue weighted by atomic mass is 35.5. The third-order valence-electron chi connectivity index (χ3n) is 6.32. The summed E-state index contributed by atoms with van der Waals surface area (Å²) in [5.74, 6) is -0.371. The van der Waals surface area contributed by atoms with Crippen molar-refractivity contribution in [2.45, 2.75) is 20.3 Å². The Morgan fingerprint density at radius 1 is 0.771 bits per heavy atom. The van der Waals surface area contributed by atoms with E-state index in [1.807, 2.05) is 26.0 Å². The Hall–Kier alpha value is -3.64. The number of nitrogens with one attached hydrogen (secondary N) is 1. The minimum atomic E-state index is -0.230. The number of rotatable bonds is 4. The van der Waals surface area contributed by atoms with Crippen LogP contribution in [0, 0.1) is 13.8 Å². The third-order valence-corrected chi connectivity index (χ3v) is 6.55. The van der Waals surface area contributed by atoms with E-state index in [-0.39, 0.29) is 17.7 Å². The summed E-state index contributed by atoms with van der Waals surface area (Å²) in [4.78, 5) is 42.9. The number of halogens is 1. The summed E-state index contributed by atoms with van der Waals surface area (Å²) < 4.78 is 0. The summed E-state index contributed by atoms with van der Waals surface area (Å²) >= 11 is 6.01. The zero-order chi connectivity index (χ0) is 24.9. The van der Waals surface area contributed by atoms with Gasteiger partial charge >= 0.3 is 6.03 Å². The summed E-state index contributed by atoms with van der Waals surface area (Å²) in [6.45, 7) is 5.78. The van der Waals surface area contributed by atoms with Crippen LogP contribution in [0.3, 0.4) is 0 Å². The second-order valence-electron chi connectivity index (χ2n) is 8.75. The minimum Gasteiger partial charge on any atom is -0.337 e. The number of benzene rings is 3. The van der Waals surface area contributed by atoms with E-state index in [2.05, 4.69) is 5.32 Å². The Morgan fingerprint density at radius 2 is 1.49 bits per heavy atom. The van der Waals surface area contributed by atoms with Crippen LogP contribution in [0.1, 0.15) is 43.8 Å². The van der Waals surface area contributed by atoms with Gasteiger partial charge in [-0.2, -0.15) is 0 Å². The average molecular weight is 490 g/mol. The fraction of sp³-hybridized carbons (Fsp3) is 0.250. The molecule has 7 heteroatoms. The highest BCUT2D eigenvalue weighted by Gasteiger charge is 2.26. The summed E-state index contributed by atoms with van der Waals surface area (Å²) in [6, 6.07) is 19.3. The van der Waals surface area contributed by atoms with Crippen LogP contribution >= 0.6 is 11.6 Å². The van der Waals surface area contributed by atoms with Crippen LogP contribution in [0.25, 0.3) is 0 Å². The van der Waals surface area contributed by atoms with Gasteiger partial charge in [0, 0.05) is 48.0 Å². The van der Waals surface area contributed by atoms with E-state index in [1.54, 1.807) is 64.4 Å². The van der Waals surface area contributed by atoms with E-state index >= 15 is 0 Å². The fourth-order valence-electron chi connectivity index (χ4n) is 4.17. The molecule has 6 nitrogen and oxygen atoms in total. The standard InChI is InChI=1S/C28H28ClN3O3/c1-19-11-12-21(17-20(19)2)26(33)24-9-3-4-10-25(24)27(34)31-13-6-14-32(16-15-31)28(35)30-23-8-5-7-22(29)18-23/h3-5,7-12,17-18H,6,13-16H2,1-2H3,(H,30,35). The molecule has 3 amide bonds. The maximum atomic E-state index is 13.5. The van der Waals surface area contributed by atoms with Crippen molar-refractivity contribution in [2.75, 3.05) is 31.5 Å². The van der Waals surface area contributed by atoms with Crippen molar-refractivity contribution in [3.63, 3.8) is 0 Å². The van der Waals surface area contributed by atoms with Crippen molar-refractivity contribution in [1.29, 1.82) is 0 Å². The fourth-order valence-corrected chi connectivity index (χ4v) is 4.36. The van der Waals surface area contributed by atoms with Crippen LogP contribution in [0.5, 0.6) is 0 Å². The number of nitrogens with zero attached hydrogens (tertiary/aromatic N) is 2. The van der Waals surface area contributed by atoms with E-state index in [9.17, 15) is 14.4 Å². The molecule has 3 aromatic rings. The van der Waals surface area contributed by atoms with Crippen LogP contribution in [-0.2, 0) is 0 Å². The van der Waals surface area contributed by atoms with Crippen molar-refractivity contribution < 1.29 is 14.4 Å². The van der Waals surface area contributed by atoms with Crippen LogP contribution in [-0.4, -0.2) is 53.7 Å². The Bertz CT molecular complexity index is 1270. The second-order valence-corrected chi connectivity index (χ2v) is 9.18. The zero-order valence-corrected chi connectivity index (χ0v) is 20.6. The van der Waals surface area contributed by atoms with Gasteiger partial charge in [0.25, 0.3) is 5.91 Å². The van der Waals surface area contributed by atoms with Gasteiger partial charge in [-0.05, 0) is 61.7 Å². The molecule has 0 radical (unpaired) electrons. The number of urea groups is 1. The zero-order valence-electron chi connectivity index (χ0n) is 19.9. The van der Waals surface area contributed by atoms with E-state index in [0.29, 0.717) is 60.0 Å². The van der Waals surface area contributed by atoms with Crippen LogP contribution in [0.2, 0.25) is 5.02 Å². The quantitative estimate of drug-likeness (QED) is 0.487. The topological polar surface area (TPSA) is 69.7 Å². The predicted octanol–water partition coefficient (Wildman–Crippen LogP) is 5.57. The van der Waals surface area contributed by atoms with Crippen LogP contribution in [0.15, 0.2) is 66.7 Å². The smallest absolute Gasteiger partial charge is 0.321 e. The van der Waals surface area contributed by atoms with Gasteiger partial charge in [-0.1, -0.05) is 48.0 Å². The maximum Gasteiger partial charge on any atom is 0.321 e. The molecule has 0 aliphatic carbocycles. The molecule has 35 heavy (non-hydrogen) atoms. The van der Waals surface area contributed by atoms with E-state index in [1.165, 1.54) is 0 Å². The first-order valence-electron chi connectivity index (χ1n) is 11.7. The summed E-state index contributed by atoms with van der Waals surface area (Å²) in [5, 5.41) is 3.41. The first kappa shape index (κ1) is 24.5.